The monoisotopic (exact) mass is 794 g/mol. The average molecular weight is 795 g/mol. The van der Waals surface area contributed by atoms with E-state index in [1.165, 1.54) is 12.1 Å². The van der Waals surface area contributed by atoms with Crippen LogP contribution in [0.4, 0.5) is 34.8 Å². The third-order valence-corrected chi connectivity index (χ3v) is 9.30. The number of ether oxygens (including phenoxy) is 2. The lowest BCUT2D eigenvalue weighted by Gasteiger charge is -2.28. The van der Waals surface area contributed by atoms with E-state index in [0.29, 0.717) is 45.6 Å². The highest BCUT2D eigenvalue weighted by atomic mass is 35.5. The molecule has 9 rings (SSSR count). The van der Waals surface area contributed by atoms with E-state index < -0.39 is 23.3 Å². The van der Waals surface area contributed by atoms with Crippen LogP contribution in [0.1, 0.15) is 5.56 Å². The Morgan fingerprint density at radius 2 is 1.42 bits per heavy atom. The lowest BCUT2D eigenvalue weighted by Crippen LogP contribution is -2.36. The molecule has 4 aromatic carbocycles. The number of fused-ring (bicyclic) bond motifs is 2. The largest absolute Gasteiger partial charge is 0.497 e. The SMILES string of the molecule is COc1ccc(Cn2cc3nc(-c4ccc(F)c(F)c4)nc(Cl)c3n2)cc1.Fc1ccc(-c2nc(Nc3ccc(N4CCOCC4)cc3)c3[nH]ncc3n2)cc1F. The van der Waals surface area contributed by atoms with Crippen molar-refractivity contribution in [1.82, 2.24) is 39.9 Å². The molecule has 57 heavy (non-hydrogen) atoms. The Morgan fingerprint density at radius 1 is 0.772 bits per heavy atom. The maximum Gasteiger partial charge on any atom is 0.162 e. The Hall–Kier alpha value is -6.65. The van der Waals surface area contributed by atoms with Crippen molar-refractivity contribution in [1.29, 1.82) is 0 Å². The Morgan fingerprint density at radius 3 is 2.07 bits per heavy atom. The van der Waals surface area contributed by atoms with Crippen LogP contribution in [0.5, 0.6) is 5.75 Å². The van der Waals surface area contributed by atoms with Gasteiger partial charge in [-0.25, -0.2) is 37.5 Å². The number of morpholine rings is 1. The fourth-order valence-corrected chi connectivity index (χ4v) is 6.31. The molecule has 5 heterocycles. The van der Waals surface area contributed by atoms with E-state index in [0.717, 1.165) is 73.3 Å². The molecule has 288 valence electrons. The molecule has 17 heteroatoms. The predicted octanol–water partition coefficient (Wildman–Crippen LogP) is 8.36. The van der Waals surface area contributed by atoms with Crippen molar-refractivity contribution in [3.05, 3.63) is 131 Å². The summed E-state index contributed by atoms with van der Waals surface area (Å²) in [7, 11) is 1.61. The minimum Gasteiger partial charge on any atom is -0.497 e. The van der Waals surface area contributed by atoms with Crippen molar-refractivity contribution in [3.63, 3.8) is 0 Å². The van der Waals surface area contributed by atoms with Gasteiger partial charge in [-0.15, -0.1) is 0 Å². The van der Waals surface area contributed by atoms with E-state index >= 15 is 0 Å². The molecule has 0 radical (unpaired) electrons. The fourth-order valence-electron chi connectivity index (χ4n) is 6.10. The summed E-state index contributed by atoms with van der Waals surface area (Å²) in [4.78, 5) is 19.7. The molecule has 1 fully saturated rings. The molecular weight excluding hydrogens is 764 g/mol. The molecule has 1 aliphatic rings. The van der Waals surface area contributed by atoms with Crippen LogP contribution in [0.15, 0.2) is 97.3 Å². The topological polar surface area (TPSA) is 132 Å². The van der Waals surface area contributed by atoms with E-state index in [1.54, 1.807) is 24.2 Å². The second-order valence-electron chi connectivity index (χ2n) is 12.8. The van der Waals surface area contributed by atoms with E-state index in [1.807, 2.05) is 48.5 Å². The zero-order valence-corrected chi connectivity index (χ0v) is 30.8. The maximum absolute atomic E-state index is 13.7. The number of nitrogens with one attached hydrogen (secondary N) is 2. The van der Waals surface area contributed by atoms with Gasteiger partial charge in [0.15, 0.2) is 45.9 Å². The van der Waals surface area contributed by atoms with Crippen molar-refractivity contribution >= 4 is 50.9 Å². The number of H-pyrrole nitrogens is 1. The number of nitrogens with zero attached hydrogens (tertiary/aromatic N) is 8. The number of hydrogen-bond donors (Lipinski definition) is 2. The first kappa shape index (κ1) is 37.3. The van der Waals surface area contributed by atoms with E-state index in [2.05, 4.69) is 45.4 Å². The minimum absolute atomic E-state index is 0.146. The number of hydrogen-bond acceptors (Lipinski definition) is 10. The zero-order chi connectivity index (χ0) is 39.5. The smallest absolute Gasteiger partial charge is 0.162 e. The van der Waals surface area contributed by atoms with Gasteiger partial charge >= 0.3 is 0 Å². The van der Waals surface area contributed by atoms with Crippen molar-refractivity contribution < 1.29 is 27.0 Å². The van der Waals surface area contributed by atoms with Gasteiger partial charge in [0.1, 0.15) is 27.8 Å². The Kier molecular flexibility index (Phi) is 10.6. The van der Waals surface area contributed by atoms with Gasteiger partial charge in [0, 0.05) is 35.6 Å². The summed E-state index contributed by atoms with van der Waals surface area (Å²) in [6.45, 7) is 3.70. The fraction of sp³-hybridized carbons (Fsp3) is 0.150. The molecule has 8 aromatic rings. The summed E-state index contributed by atoms with van der Waals surface area (Å²) in [5.41, 5.74) is 5.84. The third kappa shape index (κ3) is 8.32. The second-order valence-corrected chi connectivity index (χ2v) is 13.2. The van der Waals surface area contributed by atoms with Gasteiger partial charge in [0.2, 0.25) is 0 Å². The Balaban J connectivity index is 0.000000161. The summed E-state index contributed by atoms with van der Waals surface area (Å²) >= 11 is 6.23. The van der Waals surface area contributed by atoms with Crippen LogP contribution in [0.2, 0.25) is 5.15 Å². The van der Waals surface area contributed by atoms with Crippen LogP contribution < -0.4 is 15.0 Å². The van der Waals surface area contributed by atoms with E-state index in [4.69, 9.17) is 21.1 Å². The van der Waals surface area contributed by atoms with Crippen molar-refractivity contribution in [2.75, 3.05) is 43.6 Å². The van der Waals surface area contributed by atoms with Gasteiger partial charge in [-0.3, -0.25) is 9.78 Å². The lowest BCUT2D eigenvalue weighted by molar-refractivity contribution is 0.122. The number of aromatic amines is 1. The van der Waals surface area contributed by atoms with Crippen LogP contribution in [0, 0.1) is 23.3 Å². The molecule has 0 spiro atoms. The Labute approximate surface area is 327 Å². The molecule has 1 saturated heterocycles. The summed E-state index contributed by atoms with van der Waals surface area (Å²) in [5, 5.41) is 14.7. The Bertz CT molecular complexity index is 2690. The molecule has 0 saturated carbocycles. The number of methoxy groups -OCH3 is 1. The highest BCUT2D eigenvalue weighted by Gasteiger charge is 2.16. The number of halogens is 5. The average Bonchev–Trinajstić information content (AvgIpc) is 3.89. The number of aromatic nitrogens is 8. The van der Waals surface area contributed by atoms with Crippen molar-refractivity contribution in [2.45, 2.75) is 6.54 Å². The van der Waals surface area contributed by atoms with Crippen LogP contribution in [0.25, 0.3) is 44.8 Å². The summed E-state index contributed by atoms with van der Waals surface area (Å²) in [6, 6.07) is 22.7. The maximum atomic E-state index is 13.7. The standard InChI is InChI=1S/C21H18F2N6O.C19H13ClF2N4O/c22-16-6-1-13(11-17(16)23)20-26-18-12-24-28-19(18)21(27-20)25-14-2-4-15(5-3-14)29-7-9-30-10-8-29;1-27-13-5-2-11(3-6-13)9-26-10-16-17(25-26)18(20)24-19(23-16)12-4-7-14(21)15(22)8-12/h1-6,11-12H,7-10H2,(H,24,28)(H,25,26,27);2-8,10H,9H2,1H3. The number of anilines is 3. The van der Waals surface area contributed by atoms with Crippen LogP contribution in [-0.4, -0.2) is 73.3 Å². The molecule has 0 aliphatic carbocycles. The highest BCUT2D eigenvalue weighted by Crippen LogP contribution is 2.29. The minimum atomic E-state index is -0.970. The van der Waals surface area contributed by atoms with Gasteiger partial charge in [0.25, 0.3) is 0 Å². The first-order chi connectivity index (χ1) is 27.7. The summed E-state index contributed by atoms with van der Waals surface area (Å²) in [5.74, 6) is -2.02. The van der Waals surface area contributed by atoms with Crippen molar-refractivity contribution in [3.8, 4) is 28.5 Å². The normalized spacial score (nSPS) is 12.8. The quantitative estimate of drug-likeness (QED) is 0.114. The van der Waals surface area contributed by atoms with Crippen LogP contribution in [-0.2, 0) is 11.3 Å². The van der Waals surface area contributed by atoms with Gasteiger partial charge in [-0.2, -0.15) is 10.2 Å². The van der Waals surface area contributed by atoms with Crippen LogP contribution >= 0.6 is 11.6 Å². The zero-order valence-electron chi connectivity index (χ0n) is 30.1. The molecular formula is C40H31ClF4N10O2. The molecule has 1 aliphatic heterocycles. The predicted molar refractivity (Wildman–Crippen MR) is 208 cm³/mol. The third-order valence-electron chi connectivity index (χ3n) is 9.03. The molecule has 2 N–H and O–H groups in total. The van der Waals surface area contributed by atoms with Gasteiger partial charge in [0.05, 0.1) is 39.3 Å². The molecule has 0 unspecified atom stereocenters. The van der Waals surface area contributed by atoms with Crippen molar-refractivity contribution in [2.24, 2.45) is 0 Å². The molecule has 0 amide bonds. The van der Waals surface area contributed by atoms with Gasteiger partial charge in [-0.1, -0.05) is 23.7 Å². The van der Waals surface area contributed by atoms with Crippen LogP contribution in [0.3, 0.4) is 0 Å². The first-order valence-corrected chi connectivity index (χ1v) is 17.9. The molecule has 0 bridgehead atoms. The van der Waals surface area contributed by atoms with Gasteiger partial charge < -0.3 is 19.7 Å². The summed E-state index contributed by atoms with van der Waals surface area (Å²) in [6.07, 6.45) is 3.30. The van der Waals surface area contributed by atoms with E-state index in [9.17, 15) is 17.6 Å². The highest BCUT2D eigenvalue weighted by molar-refractivity contribution is 6.33. The molecule has 0 atom stereocenters. The molecule has 12 nitrogen and oxygen atoms in total. The lowest BCUT2D eigenvalue weighted by atomic mass is 10.2. The number of rotatable bonds is 8. The molecule has 4 aromatic heterocycles. The van der Waals surface area contributed by atoms with E-state index in [-0.39, 0.29) is 16.8 Å². The second kappa shape index (κ2) is 16.2. The first-order valence-electron chi connectivity index (χ1n) is 17.6. The number of benzene rings is 4. The summed E-state index contributed by atoms with van der Waals surface area (Å²) < 4.78 is 65.9. The van der Waals surface area contributed by atoms with Gasteiger partial charge in [-0.05, 0) is 78.4 Å².